The summed E-state index contributed by atoms with van der Waals surface area (Å²) in [7, 11) is 0.965. The highest BCUT2D eigenvalue weighted by atomic mass is 19.4. The van der Waals surface area contributed by atoms with Crippen molar-refractivity contribution in [2.75, 3.05) is 7.11 Å². The number of amides is 1. The predicted molar refractivity (Wildman–Crippen MR) is 58.3 cm³/mol. The van der Waals surface area contributed by atoms with Gasteiger partial charge in [-0.3, -0.25) is 0 Å². The molecule has 1 amide bonds. The monoisotopic (exact) mass is 283 g/mol. The molecule has 0 aromatic rings. The quantitative estimate of drug-likeness (QED) is 0.787. The minimum absolute atomic E-state index is 0.539. The molecular weight excluding hydrogens is 267 g/mol. The first kappa shape index (κ1) is 15.6. The fourth-order valence-electron chi connectivity index (χ4n) is 1.74. The molecule has 8 heteroatoms. The fraction of sp³-hybridized carbons (Fsp3) is 0.818. The highest BCUT2D eigenvalue weighted by molar-refractivity contribution is 5.89. The number of nitrogens with one attached hydrogen (secondary N) is 1. The number of alkyl halides is 3. The molecule has 0 saturated heterocycles. The van der Waals surface area contributed by atoms with E-state index in [4.69, 9.17) is 4.74 Å². The van der Waals surface area contributed by atoms with Gasteiger partial charge in [-0.1, -0.05) is 0 Å². The lowest BCUT2D eigenvalue weighted by Gasteiger charge is -2.23. The number of carbonyl (C=O) groups is 2. The maximum Gasteiger partial charge on any atom is 0.408 e. The van der Waals surface area contributed by atoms with Crippen LogP contribution in [0.4, 0.5) is 18.0 Å². The summed E-state index contributed by atoms with van der Waals surface area (Å²) in [4.78, 5) is 23.0. The van der Waals surface area contributed by atoms with Crippen LogP contribution in [0.25, 0.3) is 0 Å². The van der Waals surface area contributed by atoms with E-state index in [0.717, 1.165) is 7.11 Å². The van der Waals surface area contributed by atoms with Crippen molar-refractivity contribution in [2.24, 2.45) is 5.92 Å². The molecule has 19 heavy (non-hydrogen) atoms. The van der Waals surface area contributed by atoms with Gasteiger partial charge in [0.2, 0.25) is 0 Å². The van der Waals surface area contributed by atoms with Crippen molar-refractivity contribution >= 4 is 12.1 Å². The number of halogens is 3. The van der Waals surface area contributed by atoms with Crippen molar-refractivity contribution in [3.8, 4) is 0 Å². The second-order valence-electron chi connectivity index (χ2n) is 5.39. The molecule has 0 aromatic heterocycles. The Morgan fingerprint density at radius 3 is 2.11 bits per heavy atom. The van der Waals surface area contributed by atoms with Crippen LogP contribution in [0.2, 0.25) is 0 Å². The first-order chi connectivity index (χ1) is 8.42. The Labute approximate surface area is 108 Å². The molecule has 0 heterocycles. The molecule has 1 saturated carbocycles. The van der Waals surface area contributed by atoms with Gasteiger partial charge >= 0.3 is 18.2 Å². The van der Waals surface area contributed by atoms with Gasteiger partial charge in [0.05, 0.1) is 13.0 Å². The summed E-state index contributed by atoms with van der Waals surface area (Å²) in [6.07, 6.45) is -6.20. The van der Waals surface area contributed by atoms with Gasteiger partial charge in [-0.15, -0.1) is 0 Å². The molecule has 1 aliphatic carbocycles. The van der Waals surface area contributed by atoms with Gasteiger partial charge in [0.1, 0.15) is 5.60 Å². The molecule has 0 bridgehead atoms. The zero-order chi connectivity index (χ0) is 15.1. The van der Waals surface area contributed by atoms with Gasteiger partial charge < -0.3 is 14.8 Å². The molecule has 0 aliphatic heterocycles. The lowest BCUT2D eigenvalue weighted by molar-refractivity contribution is -0.165. The van der Waals surface area contributed by atoms with Crippen LogP contribution in [0, 0.1) is 5.92 Å². The highest BCUT2D eigenvalue weighted by Crippen LogP contribution is 2.54. The zero-order valence-corrected chi connectivity index (χ0v) is 11.1. The SMILES string of the molecule is COC(=O)[C@]1(NC(=O)OC(C)(C)C)C[C@H]1C(F)(F)F. The van der Waals surface area contributed by atoms with Gasteiger partial charge in [-0.25, -0.2) is 9.59 Å². The normalized spacial score (nSPS) is 26.6. The molecule has 0 aromatic carbocycles. The predicted octanol–water partition coefficient (Wildman–Crippen LogP) is 2.01. The summed E-state index contributed by atoms with van der Waals surface area (Å²) in [6.45, 7) is 4.68. The number of hydrogen-bond donors (Lipinski definition) is 1. The molecule has 2 atom stereocenters. The van der Waals surface area contributed by atoms with Crippen LogP contribution in [0.1, 0.15) is 27.2 Å². The lowest BCUT2D eigenvalue weighted by Crippen LogP contribution is -2.49. The molecular formula is C11H16F3NO4. The smallest absolute Gasteiger partial charge is 0.408 e. The molecule has 5 nitrogen and oxygen atoms in total. The molecule has 1 N–H and O–H groups in total. The standard InChI is InChI=1S/C11H16F3NO4/c1-9(2,3)19-8(17)15-10(7(16)18-4)5-6(10)11(12,13)14/h6H,5H2,1-4H3,(H,15,17)/t6-,10+/m1/s1. The Hall–Kier alpha value is -1.47. The Morgan fingerprint density at radius 1 is 1.26 bits per heavy atom. The van der Waals surface area contributed by atoms with E-state index in [-0.39, 0.29) is 0 Å². The van der Waals surface area contributed by atoms with Gasteiger partial charge in [0.15, 0.2) is 5.54 Å². The van der Waals surface area contributed by atoms with Crippen molar-refractivity contribution in [3.05, 3.63) is 0 Å². The maximum atomic E-state index is 12.6. The van der Waals surface area contributed by atoms with Gasteiger partial charge in [0, 0.05) is 0 Å². The summed E-state index contributed by atoms with van der Waals surface area (Å²) < 4.78 is 47.0. The van der Waals surface area contributed by atoms with Crippen molar-refractivity contribution in [1.82, 2.24) is 5.32 Å². The van der Waals surface area contributed by atoms with Crippen LogP contribution >= 0.6 is 0 Å². The summed E-state index contributed by atoms with van der Waals surface area (Å²) in [6, 6.07) is 0. The first-order valence-electron chi connectivity index (χ1n) is 5.58. The zero-order valence-electron chi connectivity index (χ0n) is 11.1. The summed E-state index contributed by atoms with van der Waals surface area (Å²) >= 11 is 0. The Kier molecular flexibility index (Phi) is 3.75. The van der Waals surface area contributed by atoms with E-state index in [9.17, 15) is 22.8 Å². The minimum atomic E-state index is -4.58. The Morgan fingerprint density at radius 2 is 1.79 bits per heavy atom. The van der Waals surface area contributed by atoms with Crippen LogP contribution in [0.15, 0.2) is 0 Å². The molecule has 0 radical (unpaired) electrons. The van der Waals surface area contributed by atoms with E-state index in [1.165, 1.54) is 0 Å². The minimum Gasteiger partial charge on any atom is -0.467 e. The number of ether oxygens (including phenoxy) is 2. The third-order valence-electron chi connectivity index (χ3n) is 2.63. The average molecular weight is 283 g/mol. The van der Waals surface area contributed by atoms with E-state index in [1.54, 1.807) is 20.8 Å². The largest absolute Gasteiger partial charge is 0.467 e. The van der Waals surface area contributed by atoms with Crippen LogP contribution in [-0.4, -0.2) is 36.5 Å². The van der Waals surface area contributed by atoms with Gasteiger partial charge in [-0.05, 0) is 27.2 Å². The Balaban J connectivity index is 2.81. The lowest BCUT2D eigenvalue weighted by atomic mass is 10.2. The molecule has 1 aliphatic rings. The maximum absolute atomic E-state index is 12.6. The van der Waals surface area contributed by atoms with Crippen molar-refractivity contribution in [2.45, 2.75) is 44.5 Å². The van der Waals surface area contributed by atoms with Crippen LogP contribution in [0.5, 0.6) is 0 Å². The first-order valence-corrected chi connectivity index (χ1v) is 5.58. The number of rotatable bonds is 2. The van der Waals surface area contributed by atoms with Crippen molar-refractivity contribution in [3.63, 3.8) is 0 Å². The van der Waals surface area contributed by atoms with Gasteiger partial charge in [-0.2, -0.15) is 13.2 Å². The summed E-state index contributed by atoms with van der Waals surface area (Å²) in [5.41, 5.74) is -2.93. The van der Waals surface area contributed by atoms with Crippen molar-refractivity contribution < 1.29 is 32.2 Å². The third kappa shape index (κ3) is 3.51. The fourth-order valence-corrected chi connectivity index (χ4v) is 1.74. The van der Waals surface area contributed by atoms with E-state index in [0.29, 0.717) is 0 Å². The van der Waals surface area contributed by atoms with Crippen LogP contribution < -0.4 is 5.32 Å². The molecule has 110 valence electrons. The average Bonchev–Trinajstić information content (AvgIpc) is 2.89. The molecule has 0 spiro atoms. The second-order valence-corrected chi connectivity index (χ2v) is 5.39. The van der Waals surface area contributed by atoms with Crippen LogP contribution in [-0.2, 0) is 14.3 Å². The Bertz CT molecular complexity index is 388. The number of esters is 1. The molecule has 1 fully saturated rings. The highest BCUT2D eigenvalue weighted by Gasteiger charge is 2.73. The van der Waals surface area contributed by atoms with E-state index >= 15 is 0 Å². The third-order valence-corrected chi connectivity index (χ3v) is 2.63. The number of methoxy groups -OCH3 is 1. The van der Waals surface area contributed by atoms with Crippen molar-refractivity contribution in [1.29, 1.82) is 0 Å². The summed E-state index contributed by atoms with van der Waals surface area (Å²) in [5.74, 6) is -3.07. The molecule has 0 unspecified atom stereocenters. The topological polar surface area (TPSA) is 64.6 Å². The van der Waals surface area contributed by atoms with E-state index < -0.39 is 41.7 Å². The van der Waals surface area contributed by atoms with Gasteiger partial charge in [0.25, 0.3) is 0 Å². The summed E-state index contributed by atoms with van der Waals surface area (Å²) in [5, 5.41) is 1.98. The molecule has 1 rings (SSSR count). The van der Waals surface area contributed by atoms with E-state index in [1.807, 2.05) is 5.32 Å². The van der Waals surface area contributed by atoms with Crippen LogP contribution in [0.3, 0.4) is 0 Å². The number of alkyl carbamates (subject to hydrolysis) is 1. The number of carbonyl (C=O) groups excluding carboxylic acids is 2. The van der Waals surface area contributed by atoms with E-state index in [2.05, 4.69) is 4.74 Å². The second kappa shape index (κ2) is 4.57. The number of hydrogen-bond acceptors (Lipinski definition) is 4.